The third-order valence-electron chi connectivity index (χ3n) is 29.5. The smallest absolute Gasteiger partial charge is 0.220 e. The summed E-state index contributed by atoms with van der Waals surface area (Å²) in [4.78, 5) is 27.1. The van der Waals surface area contributed by atoms with Crippen molar-refractivity contribution in [1.29, 1.82) is 0 Å². The van der Waals surface area contributed by atoms with Gasteiger partial charge in [0.1, 0.15) is 72.4 Å². The molecule has 2 aliphatic rings. The van der Waals surface area contributed by atoms with Gasteiger partial charge in [-0.15, -0.1) is 10.2 Å². The van der Waals surface area contributed by atoms with Crippen LogP contribution >= 0.6 is 0 Å². The summed E-state index contributed by atoms with van der Waals surface area (Å²) < 4.78 is 61.4. The van der Waals surface area contributed by atoms with E-state index in [0.29, 0.717) is 103 Å². The number of unbranched alkanes of at least 4 members (excludes halogenated alkanes) is 66. The van der Waals surface area contributed by atoms with Crippen LogP contribution in [0, 0.1) is 0 Å². The van der Waals surface area contributed by atoms with Crippen molar-refractivity contribution < 1.29 is 108 Å². The first kappa shape index (κ1) is 135. The number of ether oxygens (including phenoxy) is 10. The van der Waals surface area contributed by atoms with Crippen LogP contribution in [0.1, 0.15) is 514 Å². The molecule has 2 aromatic rings. The van der Waals surface area contributed by atoms with Crippen molar-refractivity contribution in [1.82, 2.24) is 40.6 Å². The highest BCUT2D eigenvalue weighted by Gasteiger charge is 2.47. The molecule has 2 aliphatic heterocycles. The van der Waals surface area contributed by atoms with Gasteiger partial charge >= 0.3 is 0 Å². The molecule has 858 valence electrons. The number of nitrogens with one attached hydrogen (secondary N) is 2. The molecule has 2 amide bonds. The van der Waals surface area contributed by atoms with Crippen LogP contribution in [0.3, 0.4) is 0 Å². The molecule has 4 heterocycles. The fraction of sp³-hybridized carbons (Fsp3) is 0.948. The molecular formula is C116H222N8O22. The SMILES string of the molecule is CCCCCCCCCCCCCCCCCCCCCCCCCC(=O)N[C@@H](CO[C@H]1O[C@H](Cn2cc(COCCOCCOCCOCCOCCOCc3cn(C[C@H]4O[C@H](OC[C@H](NC(=O)CCCCCCCCCCCCCCCCCCCCCCCCC)[C@H](O)[C@H](O)CCCCCCCCCCCCCC)[C@H](O)[C@@H](O)[C@H]4O)nn3)nn2)[C@H](O)[C@H](O)[C@H]1O)[C@H](O)[C@H](O)CCCCCCCCCCCCCC. The van der Waals surface area contributed by atoms with Gasteiger partial charge in [0.05, 0.1) is 142 Å². The Morgan fingerprint density at radius 2 is 0.493 bits per heavy atom. The summed E-state index contributed by atoms with van der Waals surface area (Å²) in [5, 5.41) is 135. The van der Waals surface area contributed by atoms with Gasteiger partial charge in [0.25, 0.3) is 0 Å². The third kappa shape index (κ3) is 71.5. The van der Waals surface area contributed by atoms with E-state index < -0.39 is 97.9 Å². The molecule has 2 saturated heterocycles. The predicted octanol–water partition coefficient (Wildman–Crippen LogP) is 21.7. The lowest BCUT2D eigenvalue weighted by Crippen LogP contribution is -2.60. The fourth-order valence-electron chi connectivity index (χ4n) is 19.9. The molecule has 146 heavy (non-hydrogen) atoms. The average Bonchev–Trinajstić information content (AvgIpc) is 1.35. The normalized spacial score (nSPS) is 19.5. The summed E-state index contributed by atoms with van der Waals surface area (Å²) in [6.07, 6.45) is 71.6. The van der Waals surface area contributed by atoms with Crippen LogP contribution in [-0.2, 0) is 83.3 Å². The van der Waals surface area contributed by atoms with Crippen molar-refractivity contribution in [2.75, 3.05) is 79.3 Å². The van der Waals surface area contributed by atoms with Gasteiger partial charge in [-0.05, 0) is 25.7 Å². The number of nitrogens with zero attached hydrogens (tertiary/aromatic N) is 6. The summed E-state index contributed by atoms with van der Waals surface area (Å²) in [5.41, 5.74) is 0.977. The molecule has 30 heteroatoms. The highest BCUT2D eigenvalue weighted by molar-refractivity contribution is 5.76. The minimum absolute atomic E-state index is 0.0713. The zero-order valence-electron chi connectivity index (χ0n) is 93.1. The molecule has 4 rings (SSSR count). The second kappa shape index (κ2) is 96.0. The first-order chi connectivity index (χ1) is 71.5. The molecule has 0 radical (unpaired) electrons. The molecular weight excluding hydrogens is 1860 g/mol. The first-order valence-electron chi connectivity index (χ1n) is 60.7. The fourth-order valence-corrected chi connectivity index (χ4v) is 19.9. The first-order valence-corrected chi connectivity index (χ1v) is 60.7. The topological polar surface area (TPSA) is 414 Å². The van der Waals surface area contributed by atoms with Crippen LogP contribution in [0.15, 0.2) is 12.4 Å². The van der Waals surface area contributed by atoms with Crippen LogP contribution in [0.5, 0.6) is 0 Å². The van der Waals surface area contributed by atoms with Gasteiger partial charge < -0.3 is 109 Å². The average molecular weight is 2080 g/mol. The van der Waals surface area contributed by atoms with Gasteiger partial charge in [0.2, 0.25) is 11.8 Å². The van der Waals surface area contributed by atoms with E-state index in [1.54, 1.807) is 12.4 Å². The monoisotopic (exact) mass is 2080 g/mol. The lowest BCUT2D eigenvalue weighted by molar-refractivity contribution is -0.301. The molecule has 0 spiro atoms. The number of rotatable bonds is 109. The zero-order valence-corrected chi connectivity index (χ0v) is 93.1. The number of aromatic nitrogens is 6. The van der Waals surface area contributed by atoms with Crippen molar-refractivity contribution in [3.05, 3.63) is 23.8 Å². The Labute approximate surface area is 885 Å². The molecule has 0 aromatic carbocycles. The van der Waals surface area contributed by atoms with Crippen molar-refractivity contribution in [2.45, 2.75) is 627 Å². The Hall–Kier alpha value is -3.58. The number of aliphatic hydroxyl groups is 10. The van der Waals surface area contributed by atoms with E-state index in [0.717, 1.165) is 77.0 Å². The van der Waals surface area contributed by atoms with E-state index in [4.69, 9.17) is 47.4 Å². The van der Waals surface area contributed by atoms with Gasteiger partial charge in [0, 0.05) is 12.8 Å². The molecule has 0 aliphatic carbocycles. The second-order valence-electron chi connectivity index (χ2n) is 43.0. The maximum Gasteiger partial charge on any atom is 0.220 e. The number of hydrogen-bond donors (Lipinski definition) is 12. The minimum atomic E-state index is -1.67. The zero-order chi connectivity index (χ0) is 105. The molecule has 12 N–H and O–H groups in total. The Morgan fingerprint density at radius 1 is 0.288 bits per heavy atom. The summed E-state index contributed by atoms with van der Waals surface area (Å²) in [5.74, 6) is -0.555. The Kier molecular flexibility index (Phi) is 88.6. The Bertz CT molecular complexity index is 2960. The lowest BCUT2D eigenvalue weighted by atomic mass is 9.98. The van der Waals surface area contributed by atoms with Gasteiger partial charge in [-0.3, -0.25) is 9.59 Å². The molecule has 16 atom stereocenters. The van der Waals surface area contributed by atoms with Gasteiger partial charge in [0.15, 0.2) is 12.6 Å². The van der Waals surface area contributed by atoms with E-state index in [-0.39, 0.29) is 77.4 Å². The molecule has 0 unspecified atom stereocenters. The van der Waals surface area contributed by atoms with Gasteiger partial charge in [-0.2, -0.15) is 0 Å². The highest BCUT2D eigenvalue weighted by Crippen LogP contribution is 2.29. The van der Waals surface area contributed by atoms with Gasteiger partial charge in [-0.1, -0.05) is 475 Å². The van der Waals surface area contributed by atoms with Crippen LogP contribution in [0.2, 0.25) is 0 Å². The third-order valence-corrected chi connectivity index (χ3v) is 29.5. The van der Waals surface area contributed by atoms with Gasteiger partial charge in [-0.25, -0.2) is 9.36 Å². The van der Waals surface area contributed by atoms with Crippen LogP contribution in [0.25, 0.3) is 0 Å². The number of aliphatic hydroxyl groups excluding tert-OH is 10. The van der Waals surface area contributed by atoms with Crippen molar-refractivity contribution >= 4 is 11.8 Å². The molecule has 0 saturated carbocycles. The number of hydrogen-bond acceptors (Lipinski definition) is 26. The summed E-state index contributed by atoms with van der Waals surface area (Å²) in [6.45, 7) is 11.6. The van der Waals surface area contributed by atoms with Crippen LogP contribution in [-0.4, -0.2) is 270 Å². The molecule has 2 aromatic heterocycles. The van der Waals surface area contributed by atoms with E-state index in [2.05, 4.69) is 59.0 Å². The van der Waals surface area contributed by atoms with Crippen molar-refractivity contribution in [3.8, 4) is 0 Å². The highest BCUT2D eigenvalue weighted by atomic mass is 16.7. The molecule has 2 fully saturated rings. The maximum atomic E-state index is 13.5. The maximum absolute atomic E-state index is 13.5. The predicted molar refractivity (Wildman–Crippen MR) is 580 cm³/mol. The van der Waals surface area contributed by atoms with Crippen molar-refractivity contribution in [2.24, 2.45) is 0 Å². The van der Waals surface area contributed by atoms with Crippen LogP contribution < -0.4 is 10.6 Å². The molecule has 0 bridgehead atoms. The van der Waals surface area contributed by atoms with E-state index >= 15 is 0 Å². The van der Waals surface area contributed by atoms with E-state index in [1.165, 1.54) is 356 Å². The standard InChI is InChI=1S/C116H222N8O22/c1-5-9-13-17-21-25-29-33-35-37-39-41-43-45-47-49-51-53-57-61-65-69-73-77-105(127)117-99(107(129)101(125)75-71-67-63-59-55-31-27-23-19-15-11-7-3)95-143-115-113(135)111(133)109(131)103(145-115)91-123-89-97(119-121-123)93-141-87-85-139-83-81-137-79-80-138-82-84-140-86-88-142-94-98-90-124(122-120-98)92-104-110(132)112(134)114(136)116(146-104)144-96-100(108(130)102(126)76-72-68-64-60-56-32-28-24-20-16-12-8-4)118-106(128)78-74-70-66-62-58-54-52-50-48-46-44-42-40-38-36-34-30-26-22-18-14-10-6-2/h89-90,99-104,107-116,125-126,129-136H,5-88,91-96H2,1-4H3,(H,117,127)(H,118,128)/t99-,100-,101+,102+,103+,104+,107-,108-,109-,110-,111-,112-,113+,114+,115-,116-/m0/s1. The largest absolute Gasteiger partial charge is 0.390 e. The van der Waals surface area contributed by atoms with Crippen LogP contribution in [0.4, 0.5) is 0 Å². The Balaban J connectivity index is 1.07. The van der Waals surface area contributed by atoms with E-state index in [1.807, 2.05) is 0 Å². The number of amides is 2. The summed E-state index contributed by atoms with van der Waals surface area (Å²) in [6, 6.07) is -2.11. The Morgan fingerprint density at radius 3 is 0.719 bits per heavy atom. The minimum Gasteiger partial charge on any atom is -0.390 e. The number of carbonyl (C=O) groups is 2. The second-order valence-corrected chi connectivity index (χ2v) is 43.0. The number of carbonyl (C=O) groups excluding carboxylic acids is 2. The van der Waals surface area contributed by atoms with E-state index in [9.17, 15) is 60.7 Å². The lowest BCUT2D eigenvalue weighted by Gasteiger charge is -2.40. The molecule has 30 nitrogen and oxygen atoms in total. The van der Waals surface area contributed by atoms with Crippen molar-refractivity contribution in [3.63, 3.8) is 0 Å². The summed E-state index contributed by atoms with van der Waals surface area (Å²) >= 11 is 0. The quantitative estimate of drug-likeness (QED) is 0.0274. The summed E-state index contributed by atoms with van der Waals surface area (Å²) in [7, 11) is 0.